The number of benzene rings is 1. The van der Waals surface area contributed by atoms with E-state index in [1.807, 2.05) is 6.07 Å². The van der Waals surface area contributed by atoms with Crippen molar-refractivity contribution in [1.29, 1.82) is 0 Å². The Morgan fingerprint density at radius 1 is 1.09 bits per heavy atom. The highest BCUT2D eigenvalue weighted by atomic mass is 16.6. The molecule has 2 aromatic rings. The van der Waals surface area contributed by atoms with Gasteiger partial charge in [0, 0.05) is 13.1 Å². The third-order valence-electron chi connectivity index (χ3n) is 3.20. The molecule has 0 atom stereocenters. The van der Waals surface area contributed by atoms with Crippen LogP contribution in [0.15, 0.2) is 26.7 Å². The van der Waals surface area contributed by atoms with Crippen LogP contribution < -0.4 is 22.1 Å². The number of ether oxygens (including phenoxy) is 1. The maximum absolute atomic E-state index is 5.64. The van der Waals surface area contributed by atoms with Gasteiger partial charge in [-0.2, -0.15) is 4.99 Å². The summed E-state index contributed by atoms with van der Waals surface area (Å²) in [5, 5.41) is 7.85. The van der Waals surface area contributed by atoms with Gasteiger partial charge in [0.25, 0.3) is 0 Å². The van der Waals surface area contributed by atoms with Gasteiger partial charge in [0.05, 0.1) is 24.6 Å². The van der Waals surface area contributed by atoms with Crippen molar-refractivity contribution in [2.45, 2.75) is 0 Å². The van der Waals surface area contributed by atoms with Crippen molar-refractivity contribution in [2.24, 2.45) is 27.2 Å². The maximum atomic E-state index is 5.64. The second-order valence-corrected chi connectivity index (χ2v) is 4.67. The Bertz CT molecular complexity index is 728. The molecule has 116 valence electrons. The van der Waals surface area contributed by atoms with Crippen molar-refractivity contribution in [2.75, 3.05) is 31.2 Å². The molecule has 0 spiro atoms. The minimum atomic E-state index is -0.166. The summed E-state index contributed by atoms with van der Waals surface area (Å²) in [7, 11) is 0. The first-order valence-electron chi connectivity index (χ1n) is 6.67. The fourth-order valence-corrected chi connectivity index (χ4v) is 2.27. The molecule has 22 heavy (non-hydrogen) atoms. The summed E-state index contributed by atoms with van der Waals surface area (Å²) < 4.78 is 10.2. The lowest BCUT2D eigenvalue weighted by Gasteiger charge is -2.28. The topological polar surface area (TPSA) is 154 Å². The van der Waals surface area contributed by atoms with Gasteiger partial charge in [-0.25, -0.2) is 9.62 Å². The number of rotatable bonds is 2. The lowest BCUT2D eigenvalue weighted by Crippen LogP contribution is -2.36. The predicted octanol–water partition coefficient (Wildman–Crippen LogP) is -0.721. The largest absolute Gasteiger partial charge is 0.378 e. The molecular formula is C12H16N8O2. The number of nitrogens with two attached hydrogens (primary N) is 3. The van der Waals surface area contributed by atoms with Crippen LogP contribution in [0.1, 0.15) is 0 Å². The monoisotopic (exact) mass is 304 g/mol. The second kappa shape index (κ2) is 5.85. The summed E-state index contributed by atoms with van der Waals surface area (Å²) in [5.41, 5.74) is 18.7. The highest BCUT2D eigenvalue weighted by Gasteiger charge is 2.18. The average molecular weight is 304 g/mol. The number of guanidine groups is 2. The van der Waals surface area contributed by atoms with Crippen LogP contribution in [-0.2, 0) is 4.74 Å². The van der Waals surface area contributed by atoms with Crippen LogP contribution in [0.5, 0.6) is 0 Å². The number of morpholine rings is 1. The van der Waals surface area contributed by atoms with Crippen molar-refractivity contribution in [1.82, 2.24) is 10.3 Å². The van der Waals surface area contributed by atoms with Crippen molar-refractivity contribution in [3.05, 3.63) is 12.1 Å². The van der Waals surface area contributed by atoms with Crippen molar-refractivity contribution in [3.63, 3.8) is 0 Å². The molecule has 0 radical (unpaired) electrons. The fourth-order valence-electron chi connectivity index (χ4n) is 2.27. The van der Waals surface area contributed by atoms with Gasteiger partial charge in [-0.05, 0) is 22.4 Å². The molecule has 3 rings (SSSR count). The molecule has 10 heteroatoms. The Morgan fingerprint density at radius 2 is 1.82 bits per heavy atom. The van der Waals surface area contributed by atoms with E-state index in [4.69, 9.17) is 26.6 Å². The van der Waals surface area contributed by atoms with Crippen molar-refractivity contribution >= 4 is 34.3 Å². The zero-order chi connectivity index (χ0) is 15.5. The lowest BCUT2D eigenvalue weighted by atomic mass is 10.2. The number of hydrogen-bond donors (Lipinski definition) is 3. The second-order valence-electron chi connectivity index (χ2n) is 4.67. The van der Waals surface area contributed by atoms with Crippen LogP contribution in [-0.4, -0.2) is 48.5 Å². The normalized spacial score (nSPS) is 16.0. The number of aromatic nitrogens is 2. The Hall–Kier alpha value is -2.88. The Morgan fingerprint density at radius 3 is 2.55 bits per heavy atom. The number of anilines is 1. The first-order chi connectivity index (χ1) is 10.6. The van der Waals surface area contributed by atoms with Gasteiger partial charge in [-0.15, -0.1) is 0 Å². The van der Waals surface area contributed by atoms with Gasteiger partial charge < -0.3 is 26.8 Å². The summed E-state index contributed by atoms with van der Waals surface area (Å²) in [6, 6.07) is 3.66. The van der Waals surface area contributed by atoms with E-state index in [-0.39, 0.29) is 11.9 Å². The third-order valence-corrected chi connectivity index (χ3v) is 3.20. The van der Waals surface area contributed by atoms with Crippen LogP contribution >= 0.6 is 0 Å². The van der Waals surface area contributed by atoms with Gasteiger partial charge in [0.2, 0.25) is 5.96 Å². The number of nitrogens with zero attached hydrogens (tertiary/aromatic N) is 5. The minimum Gasteiger partial charge on any atom is -0.378 e. The Kier molecular flexibility index (Phi) is 3.74. The SMILES string of the molecule is NC(N)=NC(N)=Nc1ccc(N2CCOCC2)c2nonc12. The van der Waals surface area contributed by atoms with Gasteiger partial charge >= 0.3 is 0 Å². The van der Waals surface area contributed by atoms with Gasteiger partial charge in [-0.1, -0.05) is 0 Å². The number of hydrogen-bond acceptors (Lipinski definition) is 6. The maximum Gasteiger partial charge on any atom is 0.223 e. The molecule has 1 fully saturated rings. The van der Waals surface area contributed by atoms with Crippen molar-refractivity contribution < 1.29 is 9.37 Å². The van der Waals surface area contributed by atoms with Gasteiger partial charge in [0.15, 0.2) is 17.0 Å². The zero-order valence-corrected chi connectivity index (χ0v) is 11.8. The van der Waals surface area contributed by atoms with Gasteiger partial charge in [-0.3, -0.25) is 0 Å². The molecule has 1 saturated heterocycles. The molecule has 1 aliphatic heterocycles. The van der Waals surface area contributed by atoms with E-state index in [1.165, 1.54) is 0 Å². The van der Waals surface area contributed by atoms with E-state index in [0.717, 1.165) is 18.8 Å². The minimum absolute atomic E-state index is 0.0663. The highest BCUT2D eigenvalue weighted by Crippen LogP contribution is 2.31. The quantitative estimate of drug-likeness (QED) is 0.485. The van der Waals surface area contributed by atoms with E-state index < -0.39 is 0 Å². The Labute approximate surface area is 125 Å². The molecule has 0 aliphatic carbocycles. The molecular weight excluding hydrogens is 288 g/mol. The van der Waals surface area contributed by atoms with Crippen molar-refractivity contribution in [3.8, 4) is 0 Å². The highest BCUT2D eigenvalue weighted by molar-refractivity contribution is 5.99. The van der Waals surface area contributed by atoms with E-state index in [2.05, 4.69) is 25.2 Å². The molecule has 0 saturated carbocycles. The summed E-state index contributed by atoms with van der Waals surface area (Å²) in [4.78, 5) is 9.95. The Balaban J connectivity index is 2.01. The smallest absolute Gasteiger partial charge is 0.223 e. The molecule has 0 unspecified atom stereocenters. The lowest BCUT2D eigenvalue weighted by molar-refractivity contribution is 0.123. The molecule has 0 amide bonds. The summed E-state index contributed by atoms with van der Waals surface area (Å²) in [6.07, 6.45) is 0. The van der Waals surface area contributed by atoms with Gasteiger partial charge in [0.1, 0.15) is 0 Å². The molecule has 1 aromatic heterocycles. The van der Waals surface area contributed by atoms with E-state index >= 15 is 0 Å². The summed E-state index contributed by atoms with van der Waals surface area (Å²) in [6.45, 7) is 2.90. The predicted molar refractivity (Wildman–Crippen MR) is 81.9 cm³/mol. The first kappa shape index (κ1) is 14.1. The molecule has 0 bridgehead atoms. The van der Waals surface area contributed by atoms with Crippen LogP contribution in [0.2, 0.25) is 0 Å². The van der Waals surface area contributed by atoms with E-state index in [0.29, 0.717) is 29.9 Å². The average Bonchev–Trinajstić information content (AvgIpc) is 2.97. The molecule has 1 aromatic carbocycles. The van der Waals surface area contributed by atoms with E-state index in [1.54, 1.807) is 6.07 Å². The molecule has 10 nitrogen and oxygen atoms in total. The van der Waals surface area contributed by atoms with E-state index in [9.17, 15) is 0 Å². The van der Waals surface area contributed by atoms with Crippen LogP contribution in [0.4, 0.5) is 11.4 Å². The van der Waals surface area contributed by atoms with Crippen LogP contribution in [0.3, 0.4) is 0 Å². The number of fused-ring (bicyclic) bond motifs is 1. The first-order valence-corrected chi connectivity index (χ1v) is 6.67. The number of aliphatic imine (C=N–C) groups is 2. The van der Waals surface area contributed by atoms with Crippen LogP contribution in [0.25, 0.3) is 11.0 Å². The summed E-state index contributed by atoms with van der Waals surface area (Å²) in [5.74, 6) is -0.232. The van der Waals surface area contributed by atoms with Crippen LogP contribution in [0, 0.1) is 0 Å². The zero-order valence-electron chi connectivity index (χ0n) is 11.8. The molecule has 1 aliphatic rings. The molecule has 2 heterocycles. The fraction of sp³-hybridized carbons (Fsp3) is 0.333. The standard InChI is InChI=1S/C12H16N8O2/c13-11(14)17-12(15)16-7-1-2-8(10-9(7)18-22-19-10)20-3-5-21-6-4-20/h1-2H,3-6H2,(H6,13,14,15,16,17). The molecule has 6 N–H and O–H groups in total. The third kappa shape index (κ3) is 2.76. The summed E-state index contributed by atoms with van der Waals surface area (Å²) >= 11 is 0.